The molecule has 20 heavy (non-hydrogen) atoms. The zero-order valence-electron chi connectivity index (χ0n) is 11.9. The molecule has 0 aliphatic rings. The molecule has 0 bridgehead atoms. The van der Waals surface area contributed by atoms with Gasteiger partial charge >= 0.3 is 5.97 Å². The second kappa shape index (κ2) is 9.07. The van der Waals surface area contributed by atoms with Gasteiger partial charge in [-0.2, -0.15) is 0 Å². The maximum Gasteiger partial charge on any atom is 0.335 e. The van der Waals surface area contributed by atoms with Gasteiger partial charge in [-0.05, 0) is 18.6 Å². The lowest BCUT2D eigenvalue weighted by Gasteiger charge is -2.05. The van der Waals surface area contributed by atoms with Crippen LogP contribution in [0.1, 0.15) is 62.2 Å². The van der Waals surface area contributed by atoms with Crippen LogP contribution in [0.25, 0.3) is 0 Å². The lowest BCUT2D eigenvalue weighted by Crippen LogP contribution is -2.12. The van der Waals surface area contributed by atoms with Crippen LogP contribution in [0.3, 0.4) is 0 Å². The average molecular weight is 278 g/mol. The minimum absolute atomic E-state index is 0.115. The lowest BCUT2D eigenvalue weighted by molar-refractivity contribution is -0.116. The molecule has 0 atom stereocenters. The van der Waals surface area contributed by atoms with Gasteiger partial charge in [0.15, 0.2) is 0 Å². The number of rotatable bonds is 9. The predicted octanol–water partition coefficient (Wildman–Crippen LogP) is 3.47. The second-order valence-electron chi connectivity index (χ2n) is 4.80. The predicted molar refractivity (Wildman–Crippen MR) is 77.8 cm³/mol. The van der Waals surface area contributed by atoms with Crippen molar-refractivity contribution in [2.45, 2.75) is 51.9 Å². The van der Waals surface area contributed by atoms with E-state index < -0.39 is 5.97 Å². The van der Waals surface area contributed by atoms with Crippen molar-refractivity contribution in [2.24, 2.45) is 0 Å². The SMILES string of the molecule is CCCCCCCCC(=O)Nc1cc(C(=O)O)ccn1. The lowest BCUT2D eigenvalue weighted by atomic mass is 10.1. The highest BCUT2D eigenvalue weighted by molar-refractivity contribution is 5.92. The number of aromatic nitrogens is 1. The summed E-state index contributed by atoms with van der Waals surface area (Å²) in [5.41, 5.74) is 0.120. The number of carbonyl (C=O) groups excluding carboxylic acids is 1. The third-order valence-electron chi connectivity index (χ3n) is 3.03. The minimum Gasteiger partial charge on any atom is -0.478 e. The van der Waals surface area contributed by atoms with Gasteiger partial charge in [0.25, 0.3) is 0 Å². The molecule has 0 saturated carbocycles. The van der Waals surface area contributed by atoms with Crippen molar-refractivity contribution in [3.05, 3.63) is 23.9 Å². The molecule has 0 aliphatic heterocycles. The third kappa shape index (κ3) is 6.31. The van der Waals surface area contributed by atoms with Crippen molar-refractivity contribution in [3.63, 3.8) is 0 Å². The molecule has 0 fully saturated rings. The summed E-state index contributed by atoms with van der Waals surface area (Å²) in [4.78, 5) is 26.4. The summed E-state index contributed by atoms with van der Waals surface area (Å²) in [7, 11) is 0. The highest BCUT2D eigenvalue weighted by Crippen LogP contribution is 2.10. The fourth-order valence-electron chi connectivity index (χ4n) is 1.90. The molecule has 0 aliphatic carbocycles. The number of carboxylic acid groups (broad SMARTS) is 1. The first-order valence-electron chi connectivity index (χ1n) is 7.12. The standard InChI is InChI=1S/C15H22N2O3/c1-2-3-4-5-6-7-8-14(18)17-13-11-12(15(19)20)9-10-16-13/h9-11H,2-8H2,1H3,(H,19,20)(H,16,17,18). The van der Waals surface area contributed by atoms with Gasteiger partial charge in [-0.15, -0.1) is 0 Å². The van der Waals surface area contributed by atoms with E-state index in [1.807, 2.05) is 0 Å². The van der Waals surface area contributed by atoms with Crippen molar-refractivity contribution in [3.8, 4) is 0 Å². The molecule has 1 aromatic heterocycles. The van der Waals surface area contributed by atoms with E-state index in [1.165, 1.54) is 37.6 Å². The molecule has 5 nitrogen and oxygen atoms in total. The van der Waals surface area contributed by atoms with E-state index in [-0.39, 0.29) is 11.5 Å². The Morgan fingerprint density at radius 1 is 1.20 bits per heavy atom. The van der Waals surface area contributed by atoms with Crippen molar-refractivity contribution >= 4 is 17.7 Å². The van der Waals surface area contributed by atoms with E-state index in [2.05, 4.69) is 17.2 Å². The fourth-order valence-corrected chi connectivity index (χ4v) is 1.90. The van der Waals surface area contributed by atoms with E-state index in [9.17, 15) is 9.59 Å². The number of carboxylic acids is 1. The Balaban J connectivity index is 2.28. The van der Waals surface area contributed by atoms with Crippen LogP contribution in [0.5, 0.6) is 0 Å². The van der Waals surface area contributed by atoms with Crippen LogP contribution in [0, 0.1) is 0 Å². The smallest absolute Gasteiger partial charge is 0.335 e. The van der Waals surface area contributed by atoms with Crippen LogP contribution in [0.2, 0.25) is 0 Å². The largest absolute Gasteiger partial charge is 0.478 e. The molecular formula is C15H22N2O3. The van der Waals surface area contributed by atoms with Gasteiger partial charge in [-0.1, -0.05) is 39.0 Å². The van der Waals surface area contributed by atoms with Gasteiger partial charge in [0.05, 0.1) is 5.56 Å². The number of hydrogen-bond donors (Lipinski definition) is 2. The third-order valence-corrected chi connectivity index (χ3v) is 3.03. The summed E-state index contributed by atoms with van der Waals surface area (Å²) in [6.45, 7) is 2.17. The van der Waals surface area contributed by atoms with Gasteiger partial charge in [0, 0.05) is 12.6 Å². The maximum absolute atomic E-state index is 11.7. The number of pyridine rings is 1. The summed E-state index contributed by atoms with van der Waals surface area (Å²) >= 11 is 0. The Morgan fingerprint density at radius 2 is 1.90 bits per heavy atom. The van der Waals surface area contributed by atoms with Crippen molar-refractivity contribution in [1.29, 1.82) is 0 Å². The minimum atomic E-state index is -1.03. The van der Waals surface area contributed by atoms with Crippen LogP contribution in [0.15, 0.2) is 18.3 Å². The number of hydrogen-bond acceptors (Lipinski definition) is 3. The first kappa shape index (κ1) is 16.1. The van der Waals surface area contributed by atoms with Crippen molar-refractivity contribution in [1.82, 2.24) is 4.98 Å². The Morgan fingerprint density at radius 3 is 2.60 bits per heavy atom. The van der Waals surface area contributed by atoms with Gasteiger partial charge in [0.2, 0.25) is 5.91 Å². The number of aromatic carboxylic acids is 1. The first-order chi connectivity index (χ1) is 9.63. The highest BCUT2D eigenvalue weighted by atomic mass is 16.4. The summed E-state index contributed by atoms with van der Waals surface area (Å²) in [6.07, 6.45) is 8.58. The van der Waals surface area contributed by atoms with Gasteiger partial charge in [-0.3, -0.25) is 4.79 Å². The van der Waals surface area contributed by atoms with E-state index in [4.69, 9.17) is 5.11 Å². The summed E-state index contributed by atoms with van der Waals surface area (Å²) < 4.78 is 0. The van der Waals surface area contributed by atoms with E-state index >= 15 is 0 Å². The molecule has 0 aromatic carbocycles. The molecule has 1 rings (SSSR count). The Bertz CT molecular complexity index is 446. The maximum atomic E-state index is 11.7. The van der Waals surface area contributed by atoms with E-state index in [1.54, 1.807) is 0 Å². The Hall–Kier alpha value is -1.91. The zero-order chi connectivity index (χ0) is 14.8. The van der Waals surface area contributed by atoms with Crippen LogP contribution in [0.4, 0.5) is 5.82 Å². The highest BCUT2D eigenvalue weighted by Gasteiger charge is 2.07. The summed E-state index contributed by atoms with van der Waals surface area (Å²) in [6, 6.07) is 2.76. The summed E-state index contributed by atoms with van der Waals surface area (Å²) in [5, 5.41) is 11.5. The molecule has 5 heteroatoms. The number of amides is 1. The number of nitrogens with zero attached hydrogens (tertiary/aromatic N) is 1. The monoisotopic (exact) mass is 278 g/mol. The first-order valence-corrected chi connectivity index (χ1v) is 7.12. The fraction of sp³-hybridized carbons (Fsp3) is 0.533. The summed E-state index contributed by atoms with van der Waals surface area (Å²) in [5.74, 6) is -0.852. The van der Waals surface area contributed by atoms with Crippen LogP contribution >= 0.6 is 0 Å². The zero-order valence-corrected chi connectivity index (χ0v) is 11.9. The number of anilines is 1. The molecule has 1 heterocycles. The topological polar surface area (TPSA) is 79.3 Å². The molecule has 2 N–H and O–H groups in total. The van der Waals surface area contributed by atoms with Crippen LogP contribution in [-0.2, 0) is 4.79 Å². The molecule has 0 spiro atoms. The molecule has 1 aromatic rings. The molecule has 0 saturated heterocycles. The van der Waals surface area contributed by atoms with Crippen molar-refractivity contribution < 1.29 is 14.7 Å². The van der Waals surface area contributed by atoms with E-state index in [0.717, 1.165) is 19.3 Å². The van der Waals surface area contributed by atoms with Gasteiger partial charge in [0.1, 0.15) is 5.82 Å². The number of unbranched alkanes of at least 4 members (excludes halogenated alkanes) is 5. The molecular weight excluding hydrogens is 256 g/mol. The van der Waals surface area contributed by atoms with Crippen LogP contribution in [-0.4, -0.2) is 22.0 Å². The normalized spacial score (nSPS) is 10.2. The second-order valence-corrected chi connectivity index (χ2v) is 4.80. The van der Waals surface area contributed by atoms with Crippen molar-refractivity contribution in [2.75, 3.05) is 5.32 Å². The van der Waals surface area contributed by atoms with Gasteiger partial charge < -0.3 is 10.4 Å². The molecule has 0 radical (unpaired) electrons. The molecule has 110 valence electrons. The average Bonchev–Trinajstić information content (AvgIpc) is 2.43. The molecule has 1 amide bonds. The Labute approximate surface area is 119 Å². The number of carbonyl (C=O) groups is 2. The molecule has 0 unspecified atom stereocenters. The number of nitrogens with one attached hydrogen (secondary N) is 1. The van der Waals surface area contributed by atoms with Gasteiger partial charge in [-0.25, -0.2) is 9.78 Å². The quantitative estimate of drug-likeness (QED) is 0.678. The Kier molecular flexibility index (Phi) is 7.32. The van der Waals surface area contributed by atoms with E-state index in [0.29, 0.717) is 12.2 Å². The van der Waals surface area contributed by atoms with Crippen LogP contribution < -0.4 is 5.32 Å².